The molecule has 0 aliphatic rings. The van der Waals surface area contributed by atoms with Gasteiger partial charge in [-0.1, -0.05) is 32.4 Å². The predicted molar refractivity (Wildman–Crippen MR) is 71.7 cm³/mol. The molecule has 0 saturated heterocycles. The number of hydrogen-bond donors (Lipinski definition) is 0. The molecule has 2 heteroatoms. The molecule has 0 amide bonds. The number of rotatable bonds is 9. The van der Waals surface area contributed by atoms with E-state index in [4.69, 9.17) is 9.47 Å². The fourth-order valence-electron chi connectivity index (χ4n) is 1.60. The van der Waals surface area contributed by atoms with Crippen molar-refractivity contribution in [1.82, 2.24) is 0 Å². The van der Waals surface area contributed by atoms with Crippen LogP contribution in [0.3, 0.4) is 0 Å². The molecule has 0 fully saturated rings. The van der Waals surface area contributed by atoms with E-state index in [1.807, 2.05) is 12.1 Å². The summed E-state index contributed by atoms with van der Waals surface area (Å²) in [7, 11) is 0. The maximum absolute atomic E-state index is 5.59. The van der Waals surface area contributed by atoms with Crippen molar-refractivity contribution in [3.05, 3.63) is 29.8 Å². The maximum atomic E-state index is 5.59. The molecule has 0 aliphatic heterocycles. The van der Waals surface area contributed by atoms with Crippen LogP contribution in [0.5, 0.6) is 5.75 Å². The van der Waals surface area contributed by atoms with E-state index in [2.05, 4.69) is 26.0 Å². The number of unbranched alkanes of at least 4 members (excludes halogenated alkanes) is 1. The Kier molecular flexibility index (Phi) is 7.48. The lowest BCUT2D eigenvalue weighted by atomic mass is 10.1. The summed E-state index contributed by atoms with van der Waals surface area (Å²) in [6.07, 6.45) is 4.72. The Hall–Kier alpha value is -1.02. The topological polar surface area (TPSA) is 18.5 Å². The van der Waals surface area contributed by atoms with Crippen LogP contribution in [-0.4, -0.2) is 19.8 Å². The third-order valence-electron chi connectivity index (χ3n) is 2.59. The van der Waals surface area contributed by atoms with Gasteiger partial charge in [0.25, 0.3) is 0 Å². The second kappa shape index (κ2) is 9.06. The molecule has 0 unspecified atom stereocenters. The van der Waals surface area contributed by atoms with Gasteiger partial charge in [-0.05, 0) is 37.0 Å². The van der Waals surface area contributed by atoms with Crippen LogP contribution in [0.25, 0.3) is 0 Å². The van der Waals surface area contributed by atoms with E-state index in [1.165, 1.54) is 18.4 Å². The first-order valence-corrected chi connectivity index (χ1v) is 6.66. The molecular formula is C15H24O2. The summed E-state index contributed by atoms with van der Waals surface area (Å²) in [6.45, 7) is 6.45. The smallest absolute Gasteiger partial charge is 0.119 e. The van der Waals surface area contributed by atoms with Gasteiger partial charge in [0.15, 0.2) is 0 Å². The highest BCUT2D eigenvalue weighted by Crippen LogP contribution is 2.13. The second-order valence-corrected chi connectivity index (χ2v) is 4.21. The third-order valence-corrected chi connectivity index (χ3v) is 2.59. The van der Waals surface area contributed by atoms with Crippen LogP contribution >= 0.6 is 0 Å². The van der Waals surface area contributed by atoms with Crippen LogP contribution in [-0.2, 0) is 11.2 Å². The fraction of sp³-hybridized carbons (Fsp3) is 0.600. The average molecular weight is 236 g/mol. The SMILES string of the molecule is CCCCc1ccc(OCCOCCC)cc1. The van der Waals surface area contributed by atoms with Gasteiger partial charge in [0.05, 0.1) is 6.61 Å². The molecule has 1 aromatic carbocycles. The van der Waals surface area contributed by atoms with Crippen molar-refractivity contribution in [1.29, 1.82) is 0 Å². The maximum Gasteiger partial charge on any atom is 0.119 e. The Bertz CT molecular complexity index is 279. The van der Waals surface area contributed by atoms with Gasteiger partial charge in [-0.15, -0.1) is 0 Å². The Labute approximate surface area is 105 Å². The molecule has 0 aliphatic carbocycles. The average Bonchev–Trinajstić information content (AvgIpc) is 2.37. The molecule has 2 nitrogen and oxygen atoms in total. The van der Waals surface area contributed by atoms with Crippen LogP contribution in [0.1, 0.15) is 38.7 Å². The number of ether oxygens (including phenoxy) is 2. The van der Waals surface area contributed by atoms with Crippen LogP contribution in [0, 0.1) is 0 Å². The molecule has 96 valence electrons. The van der Waals surface area contributed by atoms with Crippen LogP contribution in [0.15, 0.2) is 24.3 Å². The van der Waals surface area contributed by atoms with Crippen LogP contribution in [0.2, 0.25) is 0 Å². The standard InChI is InChI=1S/C15H24O2/c1-3-5-6-14-7-9-15(10-8-14)17-13-12-16-11-4-2/h7-10H,3-6,11-13H2,1-2H3. The van der Waals surface area contributed by atoms with E-state index < -0.39 is 0 Å². The minimum Gasteiger partial charge on any atom is -0.491 e. The monoisotopic (exact) mass is 236 g/mol. The Morgan fingerprint density at radius 1 is 0.882 bits per heavy atom. The van der Waals surface area contributed by atoms with E-state index in [-0.39, 0.29) is 0 Å². The van der Waals surface area contributed by atoms with Crippen molar-refractivity contribution in [2.45, 2.75) is 39.5 Å². The van der Waals surface area contributed by atoms with E-state index in [9.17, 15) is 0 Å². The molecule has 1 aromatic rings. The van der Waals surface area contributed by atoms with Gasteiger partial charge < -0.3 is 9.47 Å². The van der Waals surface area contributed by atoms with E-state index in [0.717, 1.165) is 25.2 Å². The predicted octanol–water partition coefficient (Wildman–Crippen LogP) is 3.83. The lowest BCUT2D eigenvalue weighted by Crippen LogP contribution is -2.07. The Morgan fingerprint density at radius 2 is 1.65 bits per heavy atom. The first kappa shape index (κ1) is 14.0. The van der Waals surface area contributed by atoms with Gasteiger partial charge in [0, 0.05) is 6.61 Å². The summed E-state index contributed by atoms with van der Waals surface area (Å²) < 4.78 is 10.9. The molecule has 0 aromatic heterocycles. The lowest BCUT2D eigenvalue weighted by molar-refractivity contribution is 0.101. The van der Waals surface area contributed by atoms with Gasteiger partial charge >= 0.3 is 0 Å². The Morgan fingerprint density at radius 3 is 2.29 bits per heavy atom. The second-order valence-electron chi connectivity index (χ2n) is 4.21. The first-order valence-electron chi connectivity index (χ1n) is 6.66. The van der Waals surface area contributed by atoms with Gasteiger partial charge in [-0.25, -0.2) is 0 Å². The molecule has 1 rings (SSSR count). The highest BCUT2D eigenvalue weighted by molar-refractivity contribution is 5.27. The fourth-order valence-corrected chi connectivity index (χ4v) is 1.60. The van der Waals surface area contributed by atoms with Crippen molar-refractivity contribution in [3.8, 4) is 5.75 Å². The van der Waals surface area contributed by atoms with Gasteiger partial charge in [-0.3, -0.25) is 0 Å². The largest absolute Gasteiger partial charge is 0.491 e. The van der Waals surface area contributed by atoms with E-state index in [1.54, 1.807) is 0 Å². The van der Waals surface area contributed by atoms with E-state index in [0.29, 0.717) is 13.2 Å². The minimum absolute atomic E-state index is 0.633. The number of hydrogen-bond acceptors (Lipinski definition) is 2. The van der Waals surface area contributed by atoms with Crippen molar-refractivity contribution in [2.75, 3.05) is 19.8 Å². The highest BCUT2D eigenvalue weighted by atomic mass is 16.5. The lowest BCUT2D eigenvalue weighted by Gasteiger charge is -2.07. The van der Waals surface area contributed by atoms with Gasteiger partial charge in [0.1, 0.15) is 12.4 Å². The molecule has 0 bridgehead atoms. The summed E-state index contributed by atoms with van der Waals surface area (Å²) >= 11 is 0. The molecule has 0 saturated carbocycles. The summed E-state index contributed by atoms with van der Waals surface area (Å²) in [6, 6.07) is 8.39. The zero-order chi connectivity index (χ0) is 12.3. The molecule has 0 N–H and O–H groups in total. The molecular weight excluding hydrogens is 212 g/mol. The molecule has 17 heavy (non-hydrogen) atoms. The molecule has 0 radical (unpaired) electrons. The van der Waals surface area contributed by atoms with Crippen LogP contribution in [0.4, 0.5) is 0 Å². The Balaban J connectivity index is 2.20. The van der Waals surface area contributed by atoms with E-state index >= 15 is 0 Å². The summed E-state index contributed by atoms with van der Waals surface area (Å²) in [5, 5.41) is 0. The van der Waals surface area contributed by atoms with Crippen molar-refractivity contribution in [2.24, 2.45) is 0 Å². The first-order chi connectivity index (χ1) is 8.36. The molecule has 0 atom stereocenters. The minimum atomic E-state index is 0.633. The summed E-state index contributed by atoms with van der Waals surface area (Å²) in [4.78, 5) is 0. The number of aryl methyl sites for hydroxylation is 1. The van der Waals surface area contributed by atoms with Crippen molar-refractivity contribution < 1.29 is 9.47 Å². The highest BCUT2D eigenvalue weighted by Gasteiger charge is 1.95. The number of benzene rings is 1. The van der Waals surface area contributed by atoms with Crippen molar-refractivity contribution in [3.63, 3.8) is 0 Å². The third kappa shape index (κ3) is 6.32. The molecule has 0 spiro atoms. The molecule has 0 heterocycles. The van der Waals surface area contributed by atoms with Gasteiger partial charge in [0.2, 0.25) is 0 Å². The summed E-state index contributed by atoms with van der Waals surface area (Å²) in [5.41, 5.74) is 1.39. The normalized spacial score (nSPS) is 10.5. The zero-order valence-electron chi connectivity index (χ0n) is 11.1. The van der Waals surface area contributed by atoms with Crippen LogP contribution < -0.4 is 4.74 Å². The zero-order valence-corrected chi connectivity index (χ0v) is 11.1. The summed E-state index contributed by atoms with van der Waals surface area (Å²) in [5.74, 6) is 0.936. The van der Waals surface area contributed by atoms with Crippen molar-refractivity contribution >= 4 is 0 Å². The van der Waals surface area contributed by atoms with Gasteiger partial charge in [-0.2, -0.15) is 0 Å². The quantitative estimate of drug-likeness (QED) is 0.607.